The zero-order valence-electron chi connectivity index (χ0n) is 19.1. The lowest BCUT2D eigenvalue weighted by molar-refractivity contribution is 0.302. The second-order valence-electron chi connectivity index (χ2n) is 8.10. The van der Waals surface area contributed by atoms with Gasteiger partial charge in [-0.05, 0) is 78.4 Å². The maximum absolute atomic E-state index is 5.85. The fraction of sp³-hybridized carbons (Fsp3) is 0.185. The van der Waals surface area contributed by atoms with Crippen molar-refractivity contribution in [2.24, 2.45) is 0 Å². The maximum atomic E-state index is 5.85. The number of nitrogens with one attached hydrogen (secondary N) is 1. The van der Waals surface area contributed by atoms with Crippen molar-refractivity contribution in [3.05, 3.63) is 108 Å². The van der Waals surface area contributed by atoms with Crippen LogP contribution >= 0.6 is 12.2 Å². The number of hydrogen-bond acceptors (Lipinski definition) is 4. The summed E-state index contributed by atoms with van der Waals surface area (Å²) in [5.41, 5.74) is 4.29. The third-order valence-electron chi connectivity index (χ3n) is 6.14. The first kappa shape index (κ1) is 22.0. The highest BCUT2D eigenvalue weighted by Crippen LogP contribution is 2.40. The van der Waals surface area contributed by atoms with E-state index in [1.807, 2.05) is 48.7 Å². The van der Waals surface area contributed by atoms with Crippen LogP contribution in [0, 0.1) is 0 Å². The molecule has 0 aliphatic carbocycles. The lowest BCUT2D eigenvalue weighted by Gasteiger charge is -2.29. The molecule has 7 heteroatoms. The molecule has 6 nitrogen and oxygen atoms in total. The Hall–Kier alpha value is -3.84. The van der Waals surface area contributed by atoms with E-state index in [1.54, 1.807) is 14.2 Å². The van der Waals surface area contributed by atoms with E-state index in [1.165, 1.54) is 0 Å². The Kier molecular flexibility index (Phi) is 6.18. The summed E-state index contributed by atoms with van der Waals surface area (Å²) < 4.78 is 12.9. The highest BCUT2D eigenvalue weighted by atomic mass is 32.1. The molecule has 2 aromatic heterocycles. The van der Waals surface area contributed by atoms with Crippen LogP contribution in [0.1, 0.15) is 29.0 Å². The molecule has 0 saturated carbocycles. The Morgan fingerprint density at radius 1 is 0.882 bits per heavy atom. The van der Waals surface area contributed by atoms with Crippen LogP contribution in [0.2, 0.25) is 0 Å². The normalized spacial score (nSPS) is 17.5. The summed E-state index contributed by atoms with van der Waals surface area (Å²) in [7, 11) is 3.35. The summed E-state index contributed by atoms with van der Waals surface area (Å²) >= 11 is 5.85. The van der Waals surface area contributed by atoms with E-state index in [4.69, 9.17) is 21.7 Å². The number of methoxy groups -OCH3 is 2. The van der Waals surface area contributed by atoms with Crippen LogP contribution in [-0.2, 0) is 6.54 Å². The first-order valence-electron chi connectivity index (χ1n) is 11.1. The molecule has 5 rings (SSSR count). The zero-order chi connectivity index (χ0) is 23.5. The molecule has 0 unspecified atom stereocenters. The molecule has 1 fully saturated rings. The molecule has 2 aromatic carbocycles. The van der Waals surface area contributed by atoms with Gasteiger partial charge in [-0.25, -0.2) is 0 Å². The van der Waals surface area contributed by atoms with Gasteiger partial charge in [0.2, 0.25) is 0 Å². The quantitative estimate of drug-likeness (QED) is 0.381. The first-order chi connectivity index (χ1) is 16.7. The van der Waals surface area contributed by atoms with E-state index in [2.05, 4.69) is 62.4 Å². The Labute approximate surface area is 204 Å². The Morgan fingerprint density at radius 2 is 1.59 bits per heavy atom. The fourth-order valence-corrected chi connectivity index (χ4v) is 4.74. The van der Waals surface area contributed by atoms with Crippen LogP contribution in [0.3, 0.4) is 0 Å². The average molecular weight is 471 g/mol. The number of rotatable bonds is 7. The third-order valence-corrected chi connectivity index (χ3v) is 6.50. The summed E-state index contributed by atoms with van der Waals surface area (Å²) in [6.45, 7) is 0.664. The van der Waals surface area contributed by atoms with E-state index >= 15 is 0 Å². The third kappa shape index (κ3) is 4.22. The van der Waals surface area contributed by atoms with Crippen molar-refractivity contribution in [3.63, 3.8) is 0 Å². The summed E-state index contributed by atoms with van der Waals surface area (Å²) in [5.74, 6) is 1.66. The van der Waals surface area contributed by atoms with Crippen molar-refractivity contribution in [1.29, 1.82) is 0 Å². The molecule has 34 heavy (non-hydrogen) atoms. The molecular weight excluding hydrogens is 444 g/mol. The molecular formula is C27H26N4O2S. The summed E-state index contributed by atoms with van der Waals surface area (Å²) in [6, 6.07) is 26.3. The standard InChI is InChI=1S/C27H26N4O2S/c1-32-21-12-8-19(9-13-21)18-31-26(25(29-27(31)34)23-6-3-4-16-28-23)24-7-5-17-30(24)20-10-14-22(33-2)15-11-20/h3-17,25-26H,18H2,1-2H3,(H,29,34)/t25-,26+/m0/s1. The number of hydrogen-bond donors (Lipinski definition) is 1. The number of pyridine rings is 1. The smallest absolute Gasteiger partial charge is 0.170 e. The molecule has 1 N–H and O–H groups in total. The molecule has 172 valence electrons. The van der Waals surface area contributed by atoms with Crippen molar-refractivity contribution in [2.75, 3.05) is 14.2 Å². The topological polar surface area (TPSA) is 51.5 Å². The molecule has 0 spiro atoms. The zero-order valence-corrected chi connectivity index (χ0v) is 19.9. The van der Waals surface area contributed by atoms with Gasteiger partial charge in [-0.1, -0.05) is 18.2 Å². The van der Waals surface area contributed by atoms with Gasteiger partial charge < -0.3 is 24.3 Å². The molecule has 1 saturated heterocycles. The fourth-order valence-electron chi connectivity index (χ4n) is 4.44. The van der Waals surface area contributed by atoms with Crippen LogP contribution in [0.15, 0.2) is 91.3 Å². The van der Waals surface area contributed by atoms with Crippen LogP contribution in [0.4, 0.5) is 0 Å². The van der Waals surface area contributed by atoms with Gasteiger partial charge in [0.1, 0.15) is 11.5 Å². The lowest BCUT2D eigenvalue weighted by Crippen LogP contribution is -2.30. The molecule has 2 atom stereocenters. The predicted octanol–water partition coefficient (Wildman–Crippen LogP) is 5.06. The van der Waals surface area contributed by atoms with Gasteiger partial charge in [0, 0.05) is 30.3 Å². The van der Waals surface area contributed by atoms with Gasteiger partial charge in [0.15, 0.2) is 5.11 Å². The van der Waals surface area contributed by atoms with Gasteiger partial charge in [-0.2, -0.15) is 0 Å². The number of ether oxygens (including phenoxy) is 2. The van der Waals surface area contributed by atoms with Gasteiger partial charge in [-0.15, -0.1) is 0 Å². The minimum absolute atomic E-state index is 0.0541. The van der Waals surface area contributed by atoms with Crippen molar-refractivity contribution in [1.82, 2.24) is 19.8 Å². The van der Waals surface area contributed by atoms with Crippen LogP contribution in [0.25, 0.3) is 5.69 Å². The van der Waals surface area contributed by atoms with E-state index in [0.29, 0.717) is 11.7 Å². The largest absolute Gasteiger partial charge is 0.497 e. The second kappa shape index (κ2) is 9.57. The van der Waals surface area contributed by atoms with Crippen LogP contribution in [-0.4, -0.2) is 33.8 Å². The number of aromatic nitrogens is 2. The molecule has 0 amide bonds. The van der Waals surface area contributed by atoms with E-state index in [-0.39, 0.29) is 12.1 Å². The van der Waals surface area contributed by atoms with Crippen molar-refractivity contribution < 1.29 is 9.47 Å². The van der Waals surface area contributed by atoms with E-state index in [0.717, 1.165) is 34.1 Å². The SMILES string of the molecule is COc1ccc(CN2C(=S)N[C@@H](c3ccccn3)[C@H]2c2cccn2-c2ccc(OC)cc2)cc1. The highest BCUT2D eigenvalue weighted by Gasteiger charge is 2.41. The Bertz CT molecular complexity index is 1260. The van der Waals surface area contributed by atoms with Crippen LogP contribution < -0.4 is 14.8 Å². The van der Waals surface area contributed by atoms with E-state index in [9.17, 15) is 0 Å². The highest BCUT2D eigenvalue weighted by molar-refractivity contribution is 7.80. The molecule has 1 aliphatic heterocycles. The minimum Gasteiger partial charge on any atom is -0.497 e. The summed E-state index contributed by atoms with van der Waals surface area (Å²) in [4.78, 5) is 6.90. The Morgan fingerprint density at radius 3 is 2.24 bits per heavy atom. The van der Waals surface area contributed by atoms with Crippen molar-refractivity contribution in [3.8, 4) is 17.2 Å². The summed E-state index contributed by atoms with van der Waals surface area (Å²) in [6.07, 6.45) is 3.91. The average Bonchev–Trinajstić information content (AvgIpc) is 3.49. The number of thiocarbonyl (C=S) groups is 1. The molecule has 1 aliphatic rings. The van der Waals surface area contributed by atoms with Gasteiger partial charge in [-0.3, -0.25) is 4.98 Å². The first-order valence-corrected chi connectivity index (χ1v) is 11.5. The van der Waals surface area contributed by atoms with Gasteiger partial charge in [0.25, 0.3) is 0 Å². The van der Waals surface area contributed by atoms with E-state index < -0.39 is 0 Å². The molecule has 4 aromatic rings. The predicted molar refractivity (Wildman–Crippen MR) is 136 cm³/mol. The number of benzene rings is 2. The summed E-state index contributed by atoms with van der Waals surface area (Å²) in [5, 5.41) is 4.24. The monoisotopic (exact) mass is 470 g/mol. The molecule has 0 bridgehead atoms. The van der Waals surface area contributed by atoms with Gasteiger partial charge in [0.05, 0.1) is 32.0 Å². The van der Waals surface area contributed by atoms with Gasteiger partial charge >= 0.3 is 0 Å². The number of nitrogens with zero attached hydrogens (tertiary/aromatic N) is 3. The Balaban J connectivity index is 1.56. The molecule has 0 radical (unpaired) electrons. The van der Waals surface area contributed by atoms with Crippen LogP contribution in [0.5, 0.6) is 11.5 Å². The second-order valence-corrected chi connectivity index (χ2v) is 8.49. The molecule has 3 heterocycles. The van der Waals surface area contributed by atoms with Crippen molar-refractivity contribution in [2.45, 2.75) is 18.6 Å². The lowest BCUT2D eigenvalue weighted by atomic mass is 10.0. The minimum atomic E-state index is -0.0844. The van der Waals surface area contributed by atoms with Crippen molar-refractivity contribution >= 4 is 17.3 Å². The maximum Gasteiger partial charge on any atom is 0.170 e.